The zero-order valence-corrected chi connectivity index (χ0v) is 10.7. The predicted octanol–water partition coefficient (Wildman–Crippen LogP) is 0.353. The van der Waals surface area contributed by atoms with Gasteiger partial charge < -0.3 is 20.1 Å². The second-order valence-electron chi connectivity index (χ2n) is 6.13. The van der Waals surface area contributed by atoms with Gasteiger partial charge in [0, 0.05) is 37.7 Å². The van der Waals surface area contributed by atoms with Crippen molar-refractivity contribution in [2.75, 3.05) is 26.8 Å². The molecule has 2 bridgehead atoms. The summed E-state index contributed by atoms with van der Waals surface area (Å²) in [5.74, 6) is 0. The molecule has 98 valence electrons. The molecule has 3 fully saturated rings. The number of ether oxygens (including phenoxy) is 1. The molecule has 4 nitrogen and oxygen atoms in total. The number of nitrogens with zero attached hydrogens (tertiary/aromatic N) is 1. The van der Waals surface area contributed by atoms with Gasteiger partial charge in [-0.1, -0.05) is 0 Å². The van der Waals surface area contributed by atoms with E-state index < -0.39 is 5.60 Å². The van der Waals surface area contributed by atoms with Gasteiger partial charge in [0.15, 0.2) is 0 Å². The van der Waals surface area contributed by atoms with Crippen molar-refractivity contribution in [1.29, 1.82) is 0 Å². The lowest BCUT2D eigenvalue weighted by Gasteiger charge is -2.37. The molecule has 0 radical (unpaired) electrons. The molecular formula is C13H24N2O2. The van der Waals surface area contributed by atoms with E-state index in [1.54, 1.807) is 0 Å². The topological polar surface area (TPSA) is 44.7 Å². The van der Waals surface area contributed by atoms with E-state index in [-0.39, 0.29) is 0 Å². The zero-order valence-electron chi connectivity index (χ0n) is 10.7. The summed E-state index contributed by atoms with van der Waals surface area (Å²) in [6, 6.07) is 2.12. The number of aliphatic hydroxyl groups is 1. The van der Waals surface area contributed by atoms with Crippen LogP contribution in [0.3, 0.4) is 0 Å². The van der Waals surface area contributed by atoms with Crippen LogP contribution in [-0.4, -0.2) is 60.5 Å². The fourth-order valence-corrected chi connectivity index (χ4v) is 3.65. The van der Waals surface area contributed by atoms with Gasteiger partial charge >= 0.3 is 0 Å². The number of rotatable bonds is 3. The molecule has 0 amide bonds. The summed E-state index contributed by atoms with van der Waals surface area (Å²) in [5.41, 5.74) is -0.609. The predicted molar refractivity (Wildman–Crippen MR) is 66.0 cm³/mol. The van der Waals surface area contributed by atoms with Crippen LogP contribution in [-0.2, 0) is 4.74 Å². The van der Waals surface area contributed by atoms with Gasteiger partial charge in [0.25, 0.3) is 0 Å². The van der Waals surface area contributed by atoms with Crippen LogP contribution in [0, 0.1) is 0 Å². The molecule has 3 unspecified atom stereocenters. The maximum Gasteiger partial charge on any atom is 0.102 e. The minimum absolute atomic E-state index is 0.499. The number of nitrogens with one attached hydrogen (secondary N) is 1. The highest BCUT2D eigenvalue weighted by atomic mass is 16.5. The summed E-state index contributed by atoms with van der Waals surface area (Å²) < 4.78 is 5.27. The van der Waals surface area contributed by atoms with Gasteiger partial charge in [-0.15, -0.1) is 0 Å². The van der Waals surface area contributed by atoms with Crippen LogP contribution in [0.25, 0.3) is 0 Å². The van der Waals surface area contributed by atoms with E-state index in [2.05, 4.69) is 17.3 Å². The number of fused-ring (bicyclic) bond motifs is 2. The minimum Gasteiger partial charge on any atom is -0.386 e. The maximum atomic E-state index is 10.2. The lowest BCUT2D eigenvalue weighted by atomic mass is 9.96. The molecule has 4 heteroatoms. The van der Waals surface area contributed by atoms with Crippen LogP contribution in [0.1, 0.15) is 32.1 Å². The van der Waals surface area contributed by atoms with E-state index in [0.717, 1.165) is 18.5 Å². The third kappa shape index (κ3) is 2.36. The molecule has 0 aromatic carbocycles. The molecule has 0 aliphatic carbocycles. The molecule has 0 aromatic heterocycles. The van der Waals surface area contributed by atoms with Gasteiger partial charge in [-0.3, -0.25) is 0 Å². The summed E-state index contributed by atoms with van der Waals surface area (Å²) in [6.45, 7) is 1.90. The zero-order chi connectivity index (χ0) is 11.9. The molecule has 3 aliphatic rings. The Balaban J connectivity index is 1.50. The van der Waals surface area contributed by atoms with Crippen LogP contribution in [0.4, 0.5) is 0 Å². The Labute approximate surface area is 103 Å². The maximum absolute atomic E-state index is 10.2. The van der Waals surface area contributed by atoms with E-state index >= 15 is 0 Å². The second kappa shape index (κ2) is 4.50. The first-order chi connectivity index (χ1) is 8.16. The Bertz CT molecular complexity index is 265. The third-order valence-electron chi connectivity index (χ3n) is 4.90. The smallest absolute Gasteiger partial charge is 0.102 e. The molecule has 17 heavy (non-hydrogen) atoms. The standard InChI is InChI=1S/C13H24N2O2/c1-15-11-2-3-12(15)7-10(6-11)14-8-13(16)4-5-17-9-13/h10-12,14,16H,2-9H2,1H3. The number of hydrogen-bond donors (Lipinski definition) is 2. The molecule has 0 aromatic rings. The summed E-state index contributed by atoms with van der Waals surface area (Å²) in [5, 5.41) is 13.8. The van der Waals surface area contributed by atoms with Crippen molar-refractivity contribution in [3.63, 3.8) is 0 Å². The van der Waals surface area contributed by atoms with E-state index in [1.165, 1.54) is 25.7 Å². The van der Waals surface area contributed by atoms with Gasteiger partial charge in [0.2, 0.25) is 0 Å². The van der Waals surface area contributed by atoms with Crippen LogP contribution in [0.2, 0.25) is 0 Å². The van der Waals surface area contributed by atoms with Gasteiger partial charge in [-0.05, 0) is 32.7 Å². The Hall–Kier alpha value is -0.160. The molecule has 3 atom stereocenters. The lowest BCUT2D eigenvalue weighted by Crippen LogP contribution is -2.51. The molecule has 2 N–H and O–H groups in total. The number of hydrogen-bond acceptors (Lipinski definition) is 4. The highest BCUT2D eigenvalue weighted by Crippen LogP contribution is 2.34. The SMILES string of the molecule is CN1C2CCC1CC(NCC1(O)CCOC1)C2. The van der Waals surface area contributed by atoms with E-state index in [9.17, 15) is 5.11 Å². The van der Waals surface area contributed by atoms with Crippen molar-refractivity contribution in [1.82, 2.24) is 10.2 Å². The normalized spacial score (nSPS) is 46.6. The molecule has 0 spiro atoms. The summed E-state index contributed by atoms with van der Waals surface area (Å²) in [7, 11) is 2.26. The fourth-order valence-electron chi connectivity index (χ4n) is 3.65. The fraction of sp³-hybridized carbons (Fsp3) is 1.00. The summed E-state index contributed by atoms with van der Waals surface area (Å²) >= 11 is 0. The summed E-state index contributed by atoms with van der Waals surface area (Å²) in [6.07, 6.45) is 5.97. The molecular weight excluding hydrogens is 216 g/mol. The van der Waals surface area contributed by atoms with E-state index in [0.29, 0.717) is 25.8 Å². The molecule has 3 saturated heterocycles. The Morgan fingerprint density at radius 1 is 1.35 bits per heavy atom. The first-order valence-corrected chi connectivity index (χ1v) is 6.92. The van der Waals surface area contributed by atoms with Crippen LogP contribution >= 0.6 is 0 Å². The van der Waals surface area contributed by atoms with Gasteiger partial charge in [-0.25, -0.2) is 0 Å². The van der Waals surface area contributed by atoms with E-state index in [4.69, 9.17) is 4.74 Å². The Kier molecular flexibility index (Phi) is 3.15. The van der Waals surface area contributed by atoms with Crippen LogP contribution in [0.15, 0.2) is 0 Å². The second-order valence-corrected chi connectivity index (χ2v) is 6.13. The van der Waals surface area contributed by atoms with Crippen molar-refractivity contribution in [2.45, 2.75) is 55.8 Å². The summed E-state index contributed by atoms with van der Waals surface area (Å²) in [4.78, 5) is 2.55. The molecule has 3 rings (SSSR count). The number of piperidine rings is 1. The molecule has 3 heterocycles. The van der Waals surface area contributed by atoms with Crippen LogP contribution in [0.5, 0.6) is 0 Å². The van der Waals surface area contributed by atoms with Crippen molar-refractivity contribution in [2.24, 2.45) is 0 Å². The molecule has 3 aliphatic heterocycles. The van der Waals surface area contributed by atoms with Gasteiger partial charge in [-0.2, -0.15) is 0 Å². The Morgan fingerprint density at radius 2 is 2.06 bits per heavy atom. The Morgan fingerprint density at radius 3 is 2.65 bits per heavy atom. The molecule has 0 saturated carbocycles. The van der Waals surface area contributed by atoms with Crippen molar-refractivity contribution < 1.29 is 9.84 Å². The average molecular weight is 240 g/mol. The monoisotopic (exact) mass is 240 g/mol. The third-order valence-corrected chi connectivity index (χ3v) is 4.90. The first kappa shape index (κ1) is 11.9. The van der Waals surface area contributed by atoms with Crippen molar-refractivity contribution in [3.8, 4) is 0 Å². The first-order valence-electron chi connectivity index (χ1n) is 6.92. The van der Waals surface area contributed by atoms with Crippen molar-refractivity contribution in [3.05, 3.63) is 0 Å². The van der Waals surface area contributed by atoms with Gasteiger partial charge in [0.05, 0.1) is 6.61 Å². The quantitative estimate of drug-likeness (QED) is 0.747. The van der Waals surface area contributed by atoms with Crippen LogP contribution < -0.4 is 5.32 Å². The van der Waals surface area contributed by atoms with Gasteiger partial charge in [0.1, 0.15) is 5.60 Å². The lowest BCUT2D eigenvalue weighted by molar-refractivity contribution is 0.0209. The highest BCUT2D eigenvalue weighted by Gasteiger charge is 2.39. The average Bonchev–Trinajstić information content (AvgIpc) is 2.80. The highest BCUT2D eigenvalue weighted by molar-refractivity contribution is 4.97. The minimum atomic E-state index is -0.609. The van der Waals surface area contributed by atoms with E-state index in [1.807, 2.05) is 0 Å². The van der Waals surface area contributed by atoms with Crippen molar-refractivity contribution >= 4 is 0 Å². The largest absolute Gasteiger partial charge is 0.386 e.